The van der Waals surface area contributed by atoms with Gasteiger partial charge >= 0.3 is 0 Å². The first-order valence-electron chi connectivity index (χ1n) is 4.07. The summed E-state index contributed by atoms with van der Waals surface area (Å²) in [6.07, 6.45) is 0. The van der Waals surface area contributed by atoms with E-state index in [1.807, 2.05) is 25.1 Å². The third-order valence-corrected chi connectivity index (χ3v) is 1.57. The van der Waals surface area contributed by atoms with Crippen LogP contribution in [0.25, 0.3) is 0 Å². The van der Waals surface area contributed by atoms with Crippen LogP contribution in [0.2, 0.25) is 0 Å². The Bertz CT molecular complexity index is 238. The molecular weight excluding hydrogens is 152 g/mol. The van der Waals surface area contributed by atoms with Crippen LogP contribution >= 0.6 is 0 Å². The maximum absolute atomic E-state index is 9.34. The molecule has 3 heteroatoms. The fourth-order valence-electron chi connectivity index (χ4n) is 0.943. The van der Waals surface area contributed by atoms with Gasteiger partial charge in [0.05, 0.1) is 0 Å². The zero-order valence-electron chi connectivity index (χ0n) is 7.17. The lowest BCUT2D eigenvalue weighted by atomic mass is 10.2. The Kier molecular flexibility index (Phi) is 3.57. The largest absolute Gasteiger partial charge is 0.508 e. The Morgan fingerprint density at radius 1 is 1.25 bits per heavy atom. The second-order valence-electron chi connectivity index (χ2n) is 2.51. The van der Waals surface area contributed by atoms with Crippen molar-refractivity contribution in [1.29, 1.82) is 0 Å². The predicted octanol–water partition coefficient (Wildman–Crippen LogP) is 1.01. The number of phenolic OH excluding ortho intramolecular Hbond substituents is 1. The monoisotopic (exact) mass is 166 g/mol. The summed E-state index contributed by atoms with van der Waals surface area (Å²) in [5.41, 5.74) is 6.85. The first-order chi connectivity index (χ1) is 5.84. The lowest BCUT2D eigenvalue weighted by Crippen LogP contribution is -2.30. The lowest BCUT2D eigenvalue weighted by Gasteiger charge is -2.05. The van der Waals surface area contributed by atoms with E-state index < -0.39 is 0 Å². The van der Waals surface area contributed by atoms with Crippen LogP contribution in [-0.2, 0) is 6.54 Å². The zero-order chi connectivity index (χ0) is 8.81. The van der Waals surface area contributed by atoms with E-state index in [1.54, 1.807) is 6.07 Å². The number of rotatable bonds is 4. The molecule has 0 fully saturated rings. The summed E-state index contributed by atoms with van der Waals surface area (Å²) >= 11 is 0. The summed E-state index contributed by atoms with van der Waals surface area (Å²) in [4.78, 5) is 0. The van der Waals surface area contributed by atoms with Gasteiger partial charge in [-0.3, -0.25) is 10.9 Å². The number of phenols is 1. The summed E-state index contributed by atoms with van der Waals surface area (Å²) < 4.78 is 0. The average molecular weight is 166 g/mol. The van der Waals surface area contributed by atoms with Gasteiger partial charge in [-0.2, -0.15) is 0 Å². The number of benzene rings is 1. The van der Waals surface area contributed by atoms with E-state index in [9.17, 15) is 5.11 Å². The van der Waals surface area contributed by atoms with E-state index in [1.165, 1.54) is 0 Å². The van der Waals surface area contributed by atoms with Gasteiger partial charge in [0.15, 0.2) is 0 Å². The standard InChI is InChI=1S/C9H14N2O/c1-2-10-11-7-8-5-3-4-6-9(8)12/h3-6,10-12H,2,7H2,1H3. The lowest BCUT2D eigenvalue weighted by molar-refractivity contribution is 0.458. The highest BCUT2D eigenvalue weighted by molar-refractivity contribution is 5.31. The Labute approximate surface area is 72.4 Å². The van der Waals surface area contributed by atoms with Crippen molar-refractivity contribution in [3.63, 3.8) is 0 Å². The molecule has 0 aromatic heterocycles. The molecule has 0 aliphatic rings. The quantitative estimate of drug-likeness (QED) is 0.462. The maximum atomic E-state index is 9.34. The van der Waals surface area contributed by atoms with E-state index in [4.69, 9.17) is 0 Å². The molecule has 12 heavy (non-hydrogen) atoms. The summed E-state index contributed by atoms with van der Waals surface area (Å²) in [5.74, 6) is 0.336. The van der Waals surface area contributed by atoms with Crippen LogP contribution < -0.4 is 10.9 Å². The first-order valence-corrected chi connectivity index (χ1v) is 4.07. The molecule has 0 aliphatic heterocycles. The highest BCUT2D eigenvalue weighted by Gasteiger charge is 1.96. The van der Waals surface area contributed by atoms with Crippen LogP contribution in [0.1, 0.15) is 12.5 Å². The molecule has 0 bridgehead atoms. The molecule has 1 aromatic carbocycles. The highest BCUT2D eigenvalue weighted by atomic mass is 16.3. The van der Waals surface area contributed by atoms with Crippen molar-refractivity contribution < 1.29 is 5.11 Å². The van der Waals surface area contributed by atoms with Crippen molar-refractivity contribution in [2.24, 2.45) is 0 Å². The van der Waals surface area contributed by atoms with Gasteiger partial charge in [0.25, 0.3) is 0 Å². The Hall–Kier alpha value is -1.06. The number of hydrogen-bond donors (Lipinski definition) is 3. The molecule has 3 N–H and O–H groups in total. The molecular formula is C9H14N2O. The van der Waals surface area contributed by atoms with Gasteiger partial charge in [0, 0.05) is 18.7 Å². The normalized spacial score (nSPS) is 10.1. The molecule has 66 valence electrons. The number of nitrogens with one attached hydrogen (secondary N) is 2. The number of para-hydroxylation sites is 1. The van der Waals surface area contributed by atoms with E-state index in [2.05, 4.69) is 10.9 Å². The Balaban J connectivity index is 2.46. The molecule has 0 spiro atoms. The third-order valence-electron chi connectivity index (χ3n) is 1.57. The smallest absolute Gasteiger partial charge is 0.120 e. The van der Waals surface area contributed by atoms with Crippen LogP contribution in [0.4, 0.5) is 0 Å². The van der Waals surface area contributed by atoms with E-state index in [-0.39, 0.29) is 0 Å². The van der Waals surface area contributed by atoms with Crippen molar-refractivity contribution in [2.75, 3.05) is 6.54 Å². The van der Waals surface area contributed by atoms with Gasteiger partial charge in [-0.15, -0.1) is 0 Å². The minimum atomic E-state index is 0.336. The van der Waals surface area contributed by atoms with E-state index >= 15 is 0 Å². The minimum absolute atomic E-state index is 0.336. The average Bonchev–Trinajstić information content (AvgIpc) is 2.09. The molecule has 1 rings (SSSR count). The summed E-state index contributed by atoms with van der Waals surface area (Å²) in [7, 11) is 0. The summed E-state index contributed by atoms with van der Waals surface area (Å²) in [6, 6.07) is 7.29. The molecule has 0 heterocycles. The number of hydrogen-bond acceptors (Lipinski definition) is 3. The first kappa shape index (κ1) is 9.03. The third kappa shape index (κ3) is 2.53. The van der Waals surface area contributed by atoms with Gasteiger partial charge in [-0.1, -0.05) is 25.1 Å². The van der Waals surface area contributed by atoms with Gasteiger partial charge in [0.2, 0.25) is 0 Å². The maximum Gasteiger partial charge on any atom is 0.120 e. The fourth-order valence-corrected chi connectivity index (χ4v) is 0.943. The molecule has 0 saturated carbocycles. The highest BCUT2D eigenvalue weighted by Crippen LogP contribution is 2.14. The zero-order valence-corrected chi connectivity index (χ0v) is 7.17. The molecule has 0 unspecified atom stereocenters. The van der Waals surface area contributed by atoms with Crippen LogP contribution in [-0.4, -0.2) is 11.7 Å². The van der Waals surface area contributed by atoms with Gasteiger partial charge in [0.1, 0.15) is 5.75 Å². The summed E-state index contributed by atoms with van der Waals surface area (Å²) in [6.45, 7) is 3.52. The molecule has 1 aromatic rings. The SMILES string of the molecule is CCNNCc1ccccc1O. The predicted molar refractivity (Wildman–Crippen MR) is 48.6 cm³/mol. The van der Waals surface area contributed by atoms with Crippen molar-refractivity contribution in [3.05, 3.63) is 29.8 Å². The van der Waals surface area contributed by atoms with Gasteiger partial charge < -0.3 is 5.11 Å². The number of hydrazine groups is 1. The van der Waals surface area contributed by atoms with E-state index in [0.717, 1.165) is 12.1 Å². The van der Waals surface area contributed by atoms with E-state index in [0.29, 0.717) is 12.3 Å². The van der Waals surface area contributed by atoms with Crippen molar-refractivity contribution >= 4 is 0 Å². The van der Waals surface area contributed by atoms with Crippen LogP contribution in [0, 0.1) is 0 Å². The van der Waals surface area contributed by atoms with Crippen LogP contribution in [0.3, 0.4) is 0 Å². The fraction of sp³-hybridized carbons (Fsp3) is 0.333. The van der Waals surface area contributed by atoms with Gasteiger partial charge in [-0.05, 0) is 6.07 Å². The van der Waals surface area contributed by atoms with Crippen LogP contribution in [0.5, 0.6) is 5.75 Å². The second-order valence-corrected chi connectivity index (χ2v) is 2.51. The molecule has 3 nitrogen and oxygen atoms in total. The molecule has 0 atom stereocenters. The molecule has 0 aliphatic carbocycles. The molecule has 0 amide bonds. The second kappa shape index (κ2) is 4.74. The Morgan fingerprint density at radius 2 is 2.00 bits per heavy atom. The van der Waals surface area contributed by atoms with Gasteiger partial charge in [-0.25, -0.2) is 0 Å². The van der Waals surface area contributed by atoms with Crippen LogP contribution in [0.15, 0.2) is 24.3 Å². The molecule has 0 saturated heterocycles. The number of aromatic hydroxyl groups is 1. The topological polar surface area (TPSA) is 44.3 Å². The molecule has 0 radical (unpaired) electrons. The summed E-state index contributed by atoms with van der Waals surface area (Å²) in [5, 5.41) is 9.34. The van der Waals surface area contributed by atoms with Crippen molar-refractivity contribution in [3.8, 4) is 5.75 Å². The van der Waals surface area contributed by atoms with Crippen molar-refractivity contribution in [2.45, 2.75) is 13.5 Å². The Morgan fingerprint density at radius 3 is 2.67 bits per heavy atom. The minimum Gasteiger partial charge on any atom is -0.508 e. The van der Waals surface area contributed by atoms with Crippen molar-refractivity contribution in [1.82, 2.24) is 10.9 Å².